The largest absolute Gasteiger partial charge is 0.352 e. The molecule has 1 saturated carbocycles. The molecule has 0 spiro atoms. The van der Waals surface area contributed by atoms with Crippen LogP contribution in [0.4, 0.5) is 22.7 Å². The Kier molecular flexibility index (Phi) is 4.45. The molecule has 8 heteroatoms. The second kappa shape index (κ2) is 7.68. The average molecular weight is 493 g/mol. The second-order valence-electron chi connectivity index (χ2n) is 11.1. The molecule has 4 aromatic rings. The molecule has 3 aromatic heterocycles. The number of aryl methyl sites for hydroxylation is 2. The van der Waals surface area contributed by atoms with Crippen LogP contribution in [0.25, 0.3) is 11.0 Å². The van der Waals surface area contributed by atoms with Crippen LogP contribution in [0.5, 0.6) is 0 Å². The summed E-state index contributed by atoms with van der Waals surface area (Å²) >= 11 is 0. The molecule has 1 aliphatic carbocycles. The Morgan fingerprint density at radius 2 is 2.08 bits per heavy atom. The molecule has 4 aliphatic heterocycles. The van der Waals surface area contributed by atoms with Crippen molar-refractivity contribution in [2.45, 2.75) is 57.5 Å². The van der Waals surface area contributed by atoms with E-state index in [4.69, 9.17) is 4.98 Å². The van der Waals surface area contributed by atoms with Crippen molar-refractivity contribution in [3.05, 3.63) is 60.2 Å². The number of benzene rings is 1. The SMILES string of the molecule is C=Nc1cc(N2CC3C4C2N34)cc(CC)c1N(Cc1cc2cccnc2n1CC1CC1)c1cnn(C)c1. The third kappa shape index (κ3) is 3.28. The lowest BCUT2D eigenvalue weighted by atomic mass is 10.0. The number of hydrogen-bond acceptors (Lipinski definition) is 6. The quantitative estimate of drug-likeness (QED) is 0.252. The summed E-state index contributed by atoms with van der Waals surface area (Å²) in [4.78, 5) is 16.9. The van der Waals surface area contributed by atoms with Crippen molar-refractivity contribution in [2.24, 2.45) is 18.0 Å². The maximum Gasteiger partial charge on any atom is 0.140 e. The topological polar surface area (TPSA) is 57.5 Å². The van der Waals surface area contributed by atoms with Gasteiger partial charge in [-0.2, -0.15) is 5.10 Å². The smallest absolute Gasteiger partial charge is 0.140 e. The first-order valence-corrected chi connectivity index (χ1v) is 13.5. The summed E-state index contributed by atoms with van der Waals surface area (Å²) in [7, 11) is 1.98. The fourth-order valence-electron chi connectivity index (χ4n) is 6.55. The van der Waals surface area contributed by atoms with Gasteiger partial charge in [-0.05, 0) is 67.8 Å². The van der Waals surface area contributed by atoms with Crippen molar-refractivity contribution in [2.75, 3.05) is 16.3 Å². The zero-order chi connectivity index (χ0) is 24.8. The number of nitrogens with zero attached hydrogens (tertiary/aromatic N) is 8. The molecule has 5 fully saturated rings. The summed E-state index contributed by atoms with van der Waals surface area (Å²) in [6, 6.07) is 12.7. The van der Waals surface area contributed by atoms with Crippen molar-refractivity contribution < 1.29 is 0 Å². The molecule has 4 atom stereocenters. The number of piperazine rings is 1. The fraction of sp³-hybridized carbons (Fsp3) is 0.414. The predicted molar refractivity (Wildman–Crippen MR) is 147 cm³/mol. The number of hydrogen-bond donors (Lipinski definition) is 0. The van der Waals surface area contributed by atoms with Crippen LogP contribution < -0.4 is 9.80 Å². The van der Waals surface area contributed by atoms with Gasteiger partial charge in [0, 0.05) is 55.3 Å². The Labute approximate surface area is 216 Å². The highest BCUT2D eigenvalue weighted by atomic mass is 15.7. The standard InChI is InChI=1S/C29H32N8/c1-4-19-10-21(36-17-25-27-29(36)37(25)27)12-24(30-2)26(19)34(23-13-32-33(3)15-23)16-22-11-20-6-5-9-31-28(20)35(22)14-18-7-8-18/h5-6,9-13,15,18,25,27,29H,2,4,7-8,14,16-17H2,1,3H3. The van der Waals surface area contributed by atoms with E-state index >= 15 is 0 Å². The predicted octanol–water partition coefficient (Wildman–Crippen LogP) is 4.63. The van der Waals surface area contributed by atoms with Crippen LogP contribution in [0, 0.1) is 5.92 Å². The zero-order valence-electron chi connectivity index (χ0n) is 21.5. The molecule has 4 unspecified atom stereocenters. The Balaban J connectivity index is 1.25. The molecule has 7 heterocycles. The normalized spacial score (nSPS) is 25.0. The molecule has 0 N–H and O–H groups in total. The van der Waals surface area contributed by atoms with Gasteiger partial charge in [-0.15, -0.1) is 0 Å². The van der Waals surface area contributed by atoms with Gasteiger partial charge in [0.05, 0.1) is 35.8 Å². The van der Waals surface area contributed by atoms with Crippen molar-refractivity contribution in [1.82, 2.24) is 24.2 Å². The summed E-state index contributed by atoms with van der Waals surface area (Å²) in [6.07, 6.45) is 10.1. The molecular weight excluding hydrogens is 460 g/mol. The lowest BCUT2D eigenvalue weighted by Gasteiger charge is -2.29. The van der Waals surface area contributed by atoms with Crippen LogP contribution in [-0.2, 0) is 26.6 Å². The number of aromatic nitrogens is 4. The van der Waals surface area contributed by atoms with E-state index in [0.717, 1.165) is 60.2 Å². The third-order valence-corrected chi connectivity index (χ3v) is 8.76. The summed E-state index contributed by atoms with van der Waals surface area (Å²) in [6.45, 7) is 9.13. The minimum absolute atomic E-state index is 0.610. The van der Waals surface area contributed by atoms with Gasteiger partial charge in [0.2, 0.25) is 0 Å². The molecule has 188 valence electrons. The molecule has 1 aromatic carbocycles. The highest BCUT2D eigenvalue weighted by Crippen LogP contribution is 2.60. The minimum atomic E-state index is 0.610. The van der Waals surface area contributed by atoms with Crippen LogP contribution in [-0.4, -0.2) is 55.7 Å². The van der Waals surface area contributed by atoms with Crippen LogP contribution in [0.1, 0.15) is 31.0 Å². The lowest BCUT2D eigenvalue weighted by molar-refractivity contribution is 0.615. The van der Waals surface area contributed by atoms with E-state index in [0.29, 0.717) is 12.7 Å². The van der Waals surface area contributed by atoms with E-state index in [1.54, 1.807) is 0 Å². The Bertz CT molecular complexity index is 1530. The lowest BCUT2D eigenvalue weighted by Crippen LogP contribution is -2.23. The first-order chi connectivity index (χ1) is 18.1. The van der Waals surface area contributed by atoms with Crippen LogP contribution in [0.2, 0.25) is 0 Å². The summed E-state index contributed by atoms with van der Waals surface area (Å²) in [5, 5.41) is 5.73. The highest BCUT2D eigenvalue weighted by molar-refractivity contribution is 5.83. The van der Waals surface area contributed by atoms with E-state index < -0.39 is 0 Å². The third-order valence-electron chi connectivity index (χ3n) is 8.76. The first-order valence-electron chi connectivity index (χ1n) is 13.5. The summed E-state index contributed by atoms with van der Waals surface area (Å²) < 4.78 is 4.31. The summed E-state index contributed by atoms with van der Waals surface area (Å²) in [5.41, 5.74) is 8.04. The first kappa shape index (κ1) is 21.4. The molecular formula is C29H32N8. The van der Waals surface area contributed by atoms with Crippen molar-refractivity contribution in [3.8, 4) is 0 Å². The van der Waals surface area contributed by atoms with Crippen LogP contribution in [0.3, 0.4) is 0 Å². The van der Waals surface area contributed by atoms with Crippen LogP contribution in [0.15, 0.2) is 53.9 Å². The second-order valence-corrected chi connectivity index (χ2v) is 11.1. The van der Waals surface area contributed by atoms with Crippen molar-refractivity contribution in [3.63, 3.8) is 0 Å². The maximum absolute atomic E-state index is 4.77. The van der Waals surface area contributed by atoms with E-state index in [1.807, 2.05) is 30.2 Å². The fourth-order valence-corrected chi connectivity index (χ4v) is 6.55. The molecule has 37 heavy (non-hydrogen) atoms. The van der Waals surface area contributed by atoms with Crippen molar-refractivity contribution in [1.29, 1.82) is 0 Å². The van der Waals surface area contributed by atoms with E-state index in [1.165, 1.54) is 35.2 Å². The van der Waals surface area contributed by atoms with Crippen LogP contribution >= 0.6 is 0 Å². The Hall–Kier alpha value is -3.65. The highest BCUT2D eigenvalue weighted by Gasteiger charge is 2.79. The van der Waals surface area contributed by atoms with Gasteiger partial charge in [-0.25, -0.2) is 4.98 Å². The molecule has 5 aliphatic rings. The Morgan fingerprint density at radius 1 is 1.22 bits per heavy atom. The maximum atomic E-state index is 4.77. The average Bonchev–Trinajstić information content (AvgIpc) is 3.85. The van der Waals surface area contributed by atoms with Gasteiger partial charge in [0.1, 0.15) is 11.8 Å². The zero-order valence-corrected chi connectivity index (χ0v) is 21.5. The van der Waals surface area contributed by atoms with E-state index in [-0.39, 0.29) is 0 Å². The number of fused-ring (bicyclic) bond motifs is 2. The minimum Gasteiger partial charge on any atom is -0.352 e. The van der Waals surface area contributed by atoms with Gasteiger partial charge in [-0.3, -0.25) is 14.6 Å². The van der Waals surface area contributed by atoms with E-state index in [9.17, 15) is 0 Å². The van der Waals surface area contributed by atoms with Gasteiger partial charge in [0.25, 0.3) is 0 Å². The molecule has 8 nitrogen and oxygen atoms in total. The van der Waals surface area contributed by atoms with Gasteiger partial charge >= 0.3 is 0 Å². The summed E-state index contributed by atoms with van der Waals surface area (Å²) in [5.74, 6) is 0.753. The van der Waals surface area contributed by atoms with Crippen molar-refractivity contribution >= 4 is 40.5 Å². The van der Waals surface area contributed by atoms with E-state index in [2.05, 4.69) is 73.5 Å². The number of anilines is 3. The van der Waals surface area contributed by atoms with Gasteiger partial charge < -0.3 is 14.4 Å². The number of pyridine rings is 1. The molecule has 0 radical (unpaired) electrons. The molecule has 2 bridgehead atoms. The molecule has 9 rings (SSSR count). The van der Waals surface area contributed by atoms with Gasteiger partial charge in [-0.1, -0.05) is 6.92 Å². The molecule has 4 saturated heterocycles. The Morgan fingerprint density at radius 3 is 2.76 bits per heavy atom. The molecule has 0 amide bonds. The number of aliphatic imine (C=N–C) groups is 1. The van der Waals surface area contributed by atoms with Gasteiger partial charge in [0.15, 0.2) is 0 Å². The monoisotopic (exact) mass is 492 g/mol. The number of rotatable bonds is 9.